The van der Waals surface area contributed by atoms with Crippen molar-refractivity contribution in [3.05, 3.63) is 71.3 Å². The van der Waals surface area contributed by atoms with Gasteiger partial charge in [0.05, 0.1) is 11.6 Å². The molecule has 5 heteroatoms. The zero-order valence-corrected chi connectivity index (χ0v) is 11.8. The van der Waals surface area contributed by atoms with Crippen LogP contribution >= 0.6 is 0 Å². The summed E-state index contributed by atoms with van der Waals surface area (Å²) < 4.78 is 37.7. The molecule has 0 aliphatic heterocycles. The SMILES string of the molecule is C[C@](C#N)(c1ccccc1)[C@@H](O)c1ccc(C(F)(F)F)cc1. The van der Waals surface area contributed by atoms with Gasteiger partial charge < -0.3 is 5.11 Å². The van der Waals surface area contributed by atoms with E-state index in [0.717, 1.165) is 12.1 Å². The lowest BCUT2D eigenvalue weighted by molar-refractivity contribution is -0.137. The molecule has 2 aromatic rings. The first-order valence-electron chi connectivity index (χ1n) is 6.61. The topological polar surface area (TPSA) is 44.0 Å². The van der Waals surface area contributed by atoms with Crippen molar-refractivity contribution in [2.24, 2.45) is 0 Å². The predicted molar refractivity (Wildman–Crippen MR) is 75.8 cm³/mol. The van der Waals surface area contributed by atoms with E-state index in [-0.39, 0.29) is 5.56 Å². The van der Waals surface area contributed by atoms with Crippen LogP contribution in [0.4, 0.5) is 13.2 Å². The summed E-state index contributed by atoms with van der Waals surface area (Å²) in [5.74, 6) is 0. The third-order valence-corrected chi connectivity index (χ3v) is 3.71. The normalized spacial score (nSPS) is 15.6. The quantitative estimate of drug-likeness (QED) is 0.922. The van der Waals surface area contributed by atoms with E-state index in [1.54, 1.807) is 37.3 Å². The highest BCUT2D eigenvalue weighted by molar-refractivity contribution is 5.38. The van der Waals surface area contributed by atoms with E-state index in [0.29, 0.717) is 5.56 Å². The van der Waals surface area contributed by atoms with Crippen LogP contribution < -0.4 is 0 Å². The first-order valence-corrected chi connectivity index (χ1v) is 6.61. The van der Waals surface area contributed by atoms with Gasteiger partial charge >= 0.3 is 6.18 Å². The van der Waals surface area contributed by atoms with Gasteiger partial charge in [0.25, 0.3) is 0 Å². The predicted octanol–water partition coefficient (Wildman–Crippen LogP) is 4.22. The highest BCUT2D eigenvalue weighted by Gasteiger charge is 2.37. The Labute approximate surface area is 126 Å². The molecule has 0 aliphatic carbocycles. The molecule has 0 aliphatic rings. The lowest BCUT2D eigenvalue weighted by Crippen LogP contribution is -2.28. The molecule has 114 valence electrons. The number of halogens is 3. The largest absolute Gasteiger partial charge is 0.416 e. The van der Waals surface area contributed by atoms with Gasteiger partial charge in [-0.15, -0.1) is 0 Å². The van der Waals surface area contributed by atoms with E-state index < -0.39 is 23.3 Å². The molecule has 0 fully saturated rings. The molecule has 0 heterocycles. The molecule has 2 rings (SSSR count). The number of hydrogen-bond donors (Lipinski definition) is 1. The first kappa shape index (κ1) is 16.1. The fraction of sp³-hybridized carbons (Fsp3) is 0.235. The second-order valence-corrected chi connectivity index (χ2v) is 5.20. The van der Waals surface area contributed by atoms with Crippen LogP contribution in [0.2, 0.25) is 0 Å². The van der Waals surface area contributed by atoms with E-state index in [1.807, 2.05) is 0 Å². The van der Waals surface area contributed by atoms with Crippen LogP contribution in [0.3, 0.4) is 0 Å². The van der Waals surface area contributed by atoms with Gasteiger partial charge in [-0.05, 0) is 30.2 Å². The van der Waals surface area contributed by atoms with Crippen molar-refractivity contribution < 1.29 is 18.3 Å². The average Bonchev–Trinajstić information content (AvgIpc) is 2.53. The molecule has 22 heavy (non-hydrogen) atoms. The van der Waals surface area contributed by atoms with Gasteiger partial charge in [-0.3, -0.25) is 0 Å². The third-order valence-electron chi connectivity index (χ3n) is 3.71. The Bertz CT molecular complexity index is 674. The summed E-state index contributed by atoms with van der Waals surface area (Å²) in [6.07, 6.45) is -5.66. The molecule has 0 bridgehead atoms. The molecule has 1 N–H and O–H groups in total. The van der Waals surface area contributed by atoms with Crippen molar-refractivity contribution in [1.29, 1.82) is 5.26 Å². The number of nitriles is 1. The minimum atomic E-state index is -4.43. The van der Waals surface area contributed by atoms with Crippen LogP contribution in [0, 0.1) is 11.3 Å². The Morgan fingerprint density at radius 3 is 1.95 bits per heavy atom. The highest BCUT2D eigenvalue weighted by atomic mass is 19.4. The minimum absolute atomic E-state index is 0.265. The Morgan fingerprint density at radius 1 is 0.955 bits per heavy atom. The second-order valence-electron chi connectivity index (χ2n) is 5.20. The number of benzene rings is 2. The van der Waals surface area contributed by atoms with Crippen LogP contribution in [-0.2, 0) is 11.6 Å². The minimum Gasteiger partial charge on any atom is -0.386 e. The third kappa shape index (κ3) is 2.97. The molecule has 0 amide bonds. The Morgan fingerprint density at radius 2 is 1.50 bits per heavy atom. The molecular formula is C17H14F3NO. The summed E-state index contributed by atoms with van der Waals surface area (Å²) in [6, 6.07) is 14.9. The van der Waals surface area contributed by atoms with Crippen molar-refractivity contribution in [3.63, 3.8) is 0 Å². The molecule has 0 radical (unpaired) electrons. The maximum atomic E-state index is 12.6. The van der Waals surface area contributed by atoms with Crippen LogP contribution in [0.5, 0.6) is 0 Å². The van der Waals surface area contributed by atoms with Crippen molar-refractivity contribution in [3.8, 4) is 6.07 Å². The molecule has 0 aromatic heterocycles. The molecule has 0 unspecified atom stereocenters. The van der Waals surface area contributed by atoms with Gasteiger partial charge in [0.15, 0.2) is 0 Å². The van der Waals surface area contributed by atoms with Crippen LogP contribution in [-0.4, -0.2) is 5.11 Å². The smallest absolute Gasteiger partial charge is 0.386 e. The lowest BCUT2D eigenvalue weighted by Gasteiger charge is -2.28. The second kappa shape index (κ2) is 5.82. The van der Waals surface area contributed by atoms with Gasteiger partial charge in [-0.25, -0.2) is 0 Å². The summed E-state index contributed by atoms with van der Waals surface area (Å²) >= 11 is 0. The van der Waals surface area contributed by atoms with Gasteiger partial charge in [0.1, 0.15) is 11.5 Å². The Kier molecular flexibility index (Phi) is 4.25. The molecule has 2 aromatic carbocycles. The summed E-state index contributed by atoms with van der Waals surface area (Å²) in [5, 5.41) is 19.9. The average molecular weight is 305 g/mol. The van der Waals surface area contributed by atoms with Crippen molar-refractivity contribution in [1.82, 2.24) is 0 Å². The zero-order valence-electron chi connectivity index (χ0n) is 11.8. The number of nitrogens with zero attached hydrogens (tertiary/aromatic N) is 1. The number of hydrogen-bond acceptors (Lipinski definition) is 2. The molecule has 2 nitrogen and oxygen atoms in total. The van der Waals surface area contributed by atoms with E-state index in [9.17, 15) is 23.5 Å². The van der Waals surface area contributed by atoms with Crippen molar-refractivity contribution in [2.75, 3.05) is 0 Å². The van der Waals surface area contributed by atoms with Gasteiger partial charge in [-0.1, -0.05) is 42.5 Å². The van der Waals surface area contributed by atoms with E-state index in [4.69, 9.17) is 0 Å². The summed E-state index contributed by atoms with van der Waals surface area (Å²) in [5.41, 5.74) is -1.17. The summed E-state index contributed by atoms with van der Waals surface area (Å²) in [7, 11) is 0. The molecule has 0 saturated heterocycles. The number of rotatable bonds is 3. The standard InChI is InChI=1S/C17H14F3NO/c1-16(11-21,13-5-3-2-4-6-13)15(22)12-7-9-14(10-8-12)17(18,19)20/h2-10,15,22H,1H3/t15-,16-/m0/s1. The Hall–Kier alpha value is -2.32. The Balaban J connectivity index is 2.38. The van der Waals surface area contributed by atoms with Crippen LogP contribution in [0.1, 0.15) is 29.7 Å². The molecular weight excluding hydrogens is 291 g/mol. The van der Waals surface area contributed by atoms with Crippen LogP contribution in [0.25, 0.3) is 0 Å². The van der Waals surface area contributed by atoms with E-state index >= 15 is 0 Å². The summed E-state index contributed by atoms with van der Waals surface area (Å²) in [4.78, 5) is 0. The maximum Gasteiger partial charge on any atom is 0.416 e. The maximum absolute atomic E-state index is 12.6. The van der Waals surface area contributed by atoms with Crippen molar-refractivity contribution >= 4 is 0 Å². The van der Waals surface area contributed by atoms with Gasteiger partial charge in [-0.2, -0.15) is 18.4 Å². The van der Waals surface area contributed by atoms with Crippen LogP contribution in [0.15, 0.2) is 54.6 Å². The molecule has 0 saturated carbocycles. The van der Waals surface area contributed by atoms with E-state index in [2.05, 4.69) is 6.07 Å². The highest BCUT2D eigenvalue weighted by Crippen LogP contribution is 2.37. The zero-order chi connectivity index (χ0) is 16.4. The number of aliphatic hydroxyl groups is 1. The van der Waals surface area contributed by atoms with Crippen molar-refractivity contribution in [2.45, 2.75) is 24.6 Å². The number of aliphatic hydroxyl groups excluding tert-OH is 1. The summed E-state index contributed by atoms with van der Waals surface area (Å²) in [6.45, 7) is 1.56. The molecule has 2 atom stereocenters. The van der Waals surface area contributed by atoms with Gasteiger partial charge in [0.2, 0.25) is 0 Å². The molecule has 0 spiro atoms. The fourth-order valence-corrected chi connectivity index (χ4v) is 2.26. The monoisotopic (exact) mass is 305 g/mol. The van der Waals surface area contributed by atoms with Gasteiger partial charge in [0, 0.05) is 0 Å². The fourth-order valence-electron chi connectivity index (χ4n) is 2.26. The lowest BCUT2D eigenvalue weighted by atomic mass is 9.76. The number of alkyl halides is 3. The first-order chi connectivity index (χ1) is 10.3. The van der Waals surface area contributed by atoms with E-state index in [1.165, 1.54) is 12.1 Å².